The minimum absolute atomic E-state index is 0.0692. The van der Waals surface area contributed by atoms with Crippen molar-refractivity contribution < 1.29 is 27.5 Å². The first-order valence-electron chi connectivity index (χ1n) is 10.3. The predicted molar refractivity (Wildman–Crippen MR) is 136 cm³/mol. The summed E-state index contributed by atoms with van der Waals surface area (Å²) in [4.78, 5) is 24.9. The number of hydrogen-bond acceptors (Lipinski definition) is 6. The average molecular weight is 592 g/mol. The average Bonchev–Trinajstić information content (AvgIpc) is 3.27. The van der Waals surface area contributed by atoms with E-state index in [2.05, 4.69) is 27.9 Å². The number of anilines is 2. The predicted octanol–water partition coefficient (Wildman–Crippen LogP) is 3.85. The first-order chi connectivity index (χ1) is 16.3. The zero-order valence-electron chi connectivity index (χ0n) is 18.2. The maximum Gasteiger partial charge on any atom is 0.342 e. The second-order valence-electron chi connectivity index (χ2n) is 7.45. The number of nitrogens with zero attached hydrogens (tertiary/aromatic N) is 1. The number of benzene rings is 3. The number of amides is 1. The maximum absolute atomic E-state index is 13.3. The highest BCUT2D eigenvalue weighted by molar-refractivity contribution is 14.1. The van der Waals surface area contributed by atoms with Crippen LogP contribution in [0, 0.1) is 3.57 Å². The smallest absolute Gasteiger partial charge is 0.342 e. The van der Waals surface area contributed by atoms with E-state index in [1.54, 1.807) is 30.3 Å². The van der Waals surface area contributed by atoms with Crippen LogP contribution in [0.5, 0.6) is 5.75 Å². The van der Waals surface area contributed by atoms with Crippen molar-refractivity contribution >= 4 is 55.9 Å². The number of carbonyl (C=O) groups is 2. The number of sulfonamides is 1. The summed E-state index contributed by atoms with van der Waals surface area (Å²) in [6.07, 6.45) is 0.607. The lowest BCUT2D eigenvalue weighted by molar-refractivity contribution is -0.119. The number of methoxy groups -OCH3 is 1. The summed E-state index contributed by atoms with van der Waals surface area (Å²) in [5.74, 6) is -1.25. The highest BCUT2D eigenvalue weighted by Gasteiger charge is 2.31. The molecule has 0 saturated heterocycles. The normalized spacial score (nSPS) is 12.7. The molecule has 34 heavy (non-hydrogen) atoms. The van der Waals surface area contributed by atoms with Gasteiger partial charge >= 0.3 is 5.97 Å². The van der Waals surface area contributed by atoms with Crippen molar-refractivity contribution in [2.45, 2.75) is 11.3 Å². The van der Waals surface area contributed by atoms with Crippen LogP contribution in [0.15, 0.2) is 71.6 Å². The molecule has 0 unspecified atom stereocenters. The van der Waals surface area contributed by atoms with Crippen molar-refractivity contribution in [2.75, 3.05) is 29.9 Å². The highest BCUT2D eigenvalue weighted by Crippen LogP contribution is 2.34. The van der Waals surface area contributed by atoms with E-state index in [1.165, 1.54) is 29.6 Å². The number of carbonyl (C=O) groups excluding carboxylic acids is 2. The Morgan fingerprint density at radius 2 is 1.85 bits per heavy atom. The van der Waals surface area contributed by atoms with Crippen molar-refractivity contribution in [3.8, 4) is 5.75 Å². The van der Waals surface area contributed by atoms with Gasteiger partial charge in [-0.2, -0.15) is 0 Å². The molecule has 0 fully saturated rings. The third kappa shape index (κ3) is 5.02. The lowest BCUT2D eigenvalue weighted by atomic mass is 10.2. The van der Waals surface area contributed by atoms with Crippen LogP contribution in [0.4, 0.5) is 11.4 Å². The summed E-state index contributed by atoms with van der Waals surface area (Å²) in [6, 6.07) is 18.5. The minimum atomic E-state index is -3.92. The van der Waals surface area contributed by atoms with Crippen LogP contribution in [0.1, 0.15) is 15.9 Å². The molecule has 1 aliphatic heterocycles. The molecule has 0 radical (unpaired) electrons. The van der Waals surface area contributed by atoms with Crippen LogP contribution in [-0.2, 0) is 26.0 Å². The highest BCUT2D eigenvalue weighted by atomic mass is 127. The van der Waals surface area contributed by atoms with Gasteiger partial charge in [0.05, 0.1) is 17.7 Å². The molecule has 0 aliphatic carbocycles. The van der Waals surface area contributed by atoms with Gasteiger partial charge in [-0.1, -0.05) is 24.3 Å². The van der Waals surface area contributed by atoms with E-state index in [0.29, 0.717) is 24.3 Å². The maximum atomic E-state index is 13.3. The molecule has 1 heterocycles. The Balaban J connectivity index is 1.52. The topological polar surface area (TPSA) is 102 Å². The third-order valence-corrected chi connectivity index (χ3v) is 7.75. The van der Waals surface area contributed by atoms with Gasteiger partial charge < -0.3 is 14.8 Å². The summed E-state index contributed by atoms with van der Waals surface area (Å²) in [7, 11) is -2.56. The summed E-state index contributed by atoms with van der Waals surface area (Å²) in [5, 5.41) is 2.65. The van der Waals surface area contributed by atoms with Crippen molar-refractivity contribution in [1.82, 2.24) is 0 Å². The summed E-state index contributed by atoms with van der Waals surface area (Å²) in [5.41, 5.74) is 2.05. The quantitative estimate of drug-likeness (QED) is 0.331. The monoisotopic (exact) mass is 592 g/mol. The van der Waals surface area contributed by atoms with Crippen molar-refractivity contribution in [2.24, 2.45) is 0 Å². The summed E-state index contributed by atoms with van der Waals surface area (Å²) >= 11 is 2.12. The summed E-state index contributed by atoms with van der Waals surface area (Å²) in [6.45, 7) is -0.226. The van der Waals surface area contributed by atoms with Crippen LogP contribution >= 0.6 is 22.6 Å². The zero-order chi connectivity index (χ0) is 24.3. The Morgan fingerprint density at radius 3 is 2.62 bits per heavy atom. The Labute approximate surface area is 211 Å². The number of rotatable bonds is 7. The van der Waals surface area contributed by atoms with E-state index in [0.717, 1.165) is 9.13 Å². The zero-order valence-corrected chi connectivity index (χ0v) is 21.1. The second kappa shape index (κ2) is 10.0. The molecule has 0 spiro atoms. The molecular weight excluding hydrogens is 571 g/mol. The van der Waals surface area contributed by atoms with Gasteiger partial charge in [0.2, 0.25) is 0 Å². The summed E-state index contributed by atoms with van der Waals surface area (Å²) < 4.78 is 39.3. The molecule has 10 heteroatoms. The number of halogens is 1. The van der Waals surface area contributed by atoms with Crippen LogP contribution in [0.3, 0.4) is 0 Å². The van der Waals surface area contributed by atoms with E-state index in [1.807, 2.05) is 18.2 Å². The molecule has 0 bridgehead atoms. The van der Waals surface area contributed by atoms with Gasteiger partial charge in [0, 0.05) is 15.8 Å². The van der Waals surface area contributed by atoms with E-state index in [4.69, 9.17) is 9.47 Å². The lowest BCUT2D eigenvalue weighted by Crippen LogP contribution is -2.29. The molecule has 3 aromatic rings. The Kier molecular flexibility index (Phi) is 7.08. The first-order valence-corrected chi connectivity index (χ1v) is 12.8. The fourth-order valence-corrected chi connectivity index (χ4v) is 5.74. The second-order valence-corrected chi connectivity index (χ2v) is 10.6. The van der Waals surface area contributed by atoms with Crippen LogP contribution in [0.25, 0.3) is 0 Å². The van der Waals surface area contributed by atoms with Gasteiger partial charge in [-0.05, 0) is 77.0 Å². The Hall–Kier alpha value is -3.12. The van der Waals surface area contributed by atoms with Gasteiger partial charge in [0.15, 0.2) is 6.61 Å². The SMILES string of the molecule is COc1ccc(S(=O)(=O)N2CCc3ccccc32)cc1C(=O)OCC(=O)Nc1cccc(I)c1. The molecule has 176 valence electrons. The van der Waals surface area contributed by atoms with E-state index < -0.39 is 28.5 Å². The van der Waals surface area contributed by atoms with Crippen LogP contribution in [-0.4, -0.2) is 40.6 Å². The Bertz CT molecular complexity index is 1360. The fraction of sp³-hybridized carbons (Fsp3) is 0.167. The standard InChI is InChI=1S/C24H21IN2O6S/c1-32-22-10-9-19(34(30,31)27-12-11-16-5-2-3-8-21(16)27)14-20(22)24(29)33-15-23(28)26-18-7-4-6-17(25)13-18/h2-10,13-14H,11-12,15H2,1H3,(H,26,28). The Morgan fingerprint density at radius 1 is 1.06 bits per heavy atom. The largest absolute Gasteiger partial charge is 0.496 e. The molecule has 1 N–H and O–H groups in total. The molecule has 4 rings (SSSR count). The van der Waals surface area contributed by atoms with Crippen molar-refractivity contribution in [1.29, 1.82) is 0 Å². The third-order valence-electron chi connectivity index (χ3n) is 5.27. The fourth-order valence-electron chi connectivity index (χ4n) is 3.66. The minimum Gasteiger partial charge on any atom is -0.496 e. The molecule has 8 nitrogen and oxygen atoms in total. The number of fused-ring (bicyclic) bond motifs is 1. The van der Waals surface area contributed by atoms with Gasteiger partial charge in [0.25, 0.3) is 15.9 Å². The first kappa shape index (κ1) is 24.0. The van der Waals surface area contributed by atoms with E-state index in [-0.39, 0.29) is 16.2 Å². The number of hydrogen-bond donors (Lipinski definition) is 1. The van der Waals surface area contributed by atoms with Gasteiger partial charge in [0.1, 0.15) is 11.3 Å². The van der Waals surface area contributed by atoms with Crippen molar-refractivity contribution in [3.63, 3.8) is 0 Å². The molecule has 3 aromatic carbocycles. The van der Waals surface area contributed by atoms with Gasteiger partial charge in [-0.3, -0.25) is 9.10 Å². The molecule has 0 aromatic heterocycles. The lowest BCUT2D eigenvalue weighted by Gasteiger charge is -2.20. The van der Waals surface area contributed by atoms with Crippen molar-refractivity contribution in [3.05, 3.63) is 81.4 Å². The molecular formula is C24H21IN2O6S. The van der Waals surface area contributed by atoms with Gasteiger partial charge in [-0.25, -0.2) is 13.2 Å². The molecule has 1 amide bonds. The van der Waals surface area contributed by atoms with Gasteiger partial charge in [-0.15, -0.1) is 0 Å². The van der Waals surface area contributed by atoms with E-state index in [9.17, 15) is 18.0 Å². The van der Waals surface area contributed by atoms with Crippen LogP contribution in [0.2, 0.25) is 0 Å². The molecule has 1 aliphatic rings. The number of para-hydroxylation sites is 1. The molecule has 0 saturated carbocycles. The number of esters is 1. The molecule has 0 atom stereocenters. The number of nitrogens with one attached hydrogen (secondary N) is 1. The van der Waals surface area contributed by atoms with E-state index >= 15 is 0 Å². The van der Waals surface area contributed by atoms with Crippen LogP contribution < -0.4 is 14.4 Å². The number of ether oxygens (including phenoxy) is 2.